The molecule has 2 rings (SSSR count). The van der Waals surface area contributed by atoms with Crippen LogP contribution in [0.15, 0.2) is 29.6 Å². The molecule has 0 bridgehead atoms. The fraction of sp³-hybridized carbons (Fsp3) is 0.417. The number of aryl methyl sites for hydroxylation is 1. The van der Waals surface area contributed by atoms with E-state index in [4.69, 9.17) is 0 Å². The lowest BCUT2D eigenvalue weighted by Crippen LogP contribution is -2.22. The van der Waals surface area contributed by atoms with Gasteiger partial charge in [-0.25, -0.2) is 4.98 Å². The molecule has 6 nitrogen and oxygen atoms in total. The first kappa shape index (κ1) is 12.3. The zero-order valence-corrected chi connectivity index (χ0v) is 10.8. The Labute approximate surface area is 105 Å². The minimum atomic E-state index is -0.128. The lowest BCUT2D eigenvalue weighted by molar-refractivity contribution is 0.532. The molecular weight excluding hydrogens is 230 g/mol. The van der Waals surface area contributed by atoms with E-state index < -0.39 is 0 Å². The van der Waals surface area contributed by atoms with Gasteiger partial charge in [-0.05, 0) is 20.8 Å². The largest absolute Gasteiger partial charge is 0.333 e. The van der Waals surface area contributed by atoms with Crippen LogP contribution in [0.4, 0.5) is 11.5 Å². The molecule has 0 atom stereocenters. The molecule has 18 heavy (non-hydrogen) atoms. The lowest BCUT2D eigenvalue weighted by Gasteiger charge is -2.06. The zero-order chi connectivity index (χ0) is 13.1. The van der Waals surface area contributed by atoms with Crippen LogP contribution in [0, 0.1) is 0 Å². The van der Waals surface area contributed by atoms with Crippen molar-refractivity contribution in [2.45, 2.75) is 33.4 Å². The van der Waals surface area contributed by atoms with Gasteiger partial charge in [-0.2, -0.15) is 5.10 Å². The van der Waals surface area contributed by atoms with Crippen molar-refractivity contribution in [1.82, 2.24) is 19.3 Å². The van der Waals surface area contributed by atoms with Crippen LogP contribution >= 0.6 is 0 Å². The predicted molar refractivity (Wildman–Crippen MR) is 70.1 cm³/mol. The molecule has 6 heteroatoms. The molecule has 0 aliphatic heterocycles. The highest BCUT2D eigenvalue weighted by Gasteiger charge is 2.06. The molecule has 0 saturated heterocycles. The monoisotopic (exact) mass is 247 g/mol. The molecule has 0 amide bonds. The van der Waals surface area contributed by atoms with Gasteiger partial charge in [-0.3, -0.25) is 9.48 Å². The van der Waals surface area contributed by atoms with Gasteiger partial charge >= 0.3 is 0 Å². The van der Waals surface area contributed by atoms with Crippen molar-refractivity contribution >= 4 is 11.5 Å². The SMILES string of the molecule is CCn1ccnc(Nc2cnn(C(C)C)c2)c1=O. The fourth-order valence-corrected chi connectivity index (χ4v) is 1.60. The molecule has 2 heterocycles. The second-order valence-electron chi connectivity index (χ2n) is 4.29. The Morgan fingerprint density at radius 2 is 2.22 bits per heavy atom. The van der Waals surface area contributed by atoms with Gasteiger partial charge in [0.05, 0.1) is 11.9 Å². The Hall–Kier alpha value is -2.11. The molecule has 0 saturated carbocycles. The summed E-state index contributed by atoms with van der Waals surface area (Å²) in [7, 11) is 0. The minimum absolute atomic E-state index is 0.128. The molecule has 2 aromatic heterocycles. The maximum atomic E-state index is 12.0. The van der Waals surface area contributed by atoms with E-state index in [1.54, 1.807) is 23.2 Å². The topological polar surface area (TPSA) is 64.7 Å². The number of hydrogen-bond donors (Lipinski definition) is 1. The van der Waals surface area contributed by atoms with Gasteiger partial charge < -0.3 is 9.88 Å². The third-order valence-corrected chi connectivity index (χ3v) is 2.65. The van der Waals surface area contributed by atoms with Gasteiger partial charge in [-0.1, -0.05) is 0 Å². The van der Waals surface area contributed by atoms with Crippen LogP contribution in [0.25, 0.3) is 0 Å². The van der Waals surface area contributed by atoms with Crippen LogP contribution in [-0.4, -0.2) is 19.3 Å². The van der Waals surface area contributed by atoms with Crippen LogP contribution in [0.5, 0.6) is 0 Å². The van der Waals surface area contributed by atoms with E-state index in [0.717, 1.165) is 5.69 Å². The first-order chi connectivity index (χ1) is 8.61. The van der Waals surface area contributed by atoms with Crippen molar-refractivity contribution in [2.75, 3.05) is 5.32 Å². The average molecular weight is 247 g/mol. The third-order valence-electron chi connectivity index (χ3n) is 2.65. The Balaban J connectivity index is 2.26. The third kappa shape index (κ3) is 2.42. The normalized spacial score (nSPS) is 10.9. The maximum Gasteiger partial charge on any atom is 0.293 e. The molecule has 0 unspecified atom stereocenters. The number of nitrogens with zero attached hydrogens (tertiary/aromatic N) is 4. The van der Waals surface area contributed by atoms with Crippen molar-refractivity contribution in [3.05, 3.63) is 35.1 Å². The molecule has 0 aromatic carbocycles. The van der Waals surface area contributed by atoms with Crippen LogP contribution in [0.2, 0.25) is 0 Å². The number of nitrogens with one attached hydrogen (secondary N) is 1. The summed E-state index contributed by atoms with van der Waals surface area (Å²) in [6.07, 6.45) is 6.82. The molecule has 0 fully saturated rings. The zero-order valence-electron chi connectivity index (χ0n) is 10.8. The quantitative estimate of drug-likeness (QED) is 0.894. The first-order valence-corrected chi connectivity index (χ1v) is 5.98. The second kappa shape index (κ2) is 5.03. The van der Waals surface area contributed by atoms with Crippen molar-refractivity contribution < 1.29 is 0 Å². The van der Waals surface area contributed by atoms with Gasteiger partial charge in [0, 0.05) is 31.2 Å². The van der Waals surface area contributed by atoms with Crippen molar-refractivity contribution in [1.29, 1.82) is 0 Å². The summed E-state index contributed by atoms with van der Waals surface area (Å²) < 4.78 is 3.42. The van der Waals surface area contributed by atoms with Crippen LogP contribution in [0.1, 0.15) is 26.8 Å². The highest BCUT2D eigenvalue weighted by Crippen LogP contribution is 2.12. The Kier molecular flexibility index (Phi) is 3.45. The van der Waals surface area contributed by atoms with Gasteiger partial charge in [0.25, 0.3) is 5.56 Å². The summed E-state index contributed by atoms with van der Waals surface area (Å²) in [5, 5.41) is 7.20. The summed E-state index contributed by atoms with van der Waals surface area (Å²) in [6.45, 7) is 6.63. The molecule has 1 N–H and O–H groups in total. The Morgan fingerprint density at radius 3 is 2.83 bits per heavy atom. The van der Waals surface area contributed by atoms with Gasteiger partial charge in [0.1, 0.15) is 0 Å². The number of aromatic nitrogens is 4. The highest BCUT2D eigenvalue weighted by atomic mass is 16.1. The van der Waals surface area contributed by atoms with Gasteiger partial charge in [0.15, 0.2) is 5.82 Å². The van der Waals surface area contributed by atoms with E-state index in [0.29, 0.717) is 12.4 Å². The summed E-state index contributed by atoms with van der Waals surface area (Å²) in [5.74, 6) is 0.322. The minimum Gasteiger partial charge on any atom is -0.333 e. The predicted octanol–water partition coefficient (Wildman–Crippen LogP) is 1.78. The van der Waals surface area contributed by atoms with E-state index in [1.165, 1.54) is 0 Å². The number of rotatable bonds is 4. The first-order valence-electron chi connectivity index (χ1n) is 5.98. The smallest absolute Gasteiger partial charge is 0.293 e. The molecule has 0 radical (unpaired) electrons. The molecule has 0 spiro atoms. The second-order valence-corrected chi connectivity index (χ2v) is 4.29. The molecule has 96 valence electrons. The molecular formula is C12H17N5O. The summed E-state index contributed by atoms with van der Waals surface area (Å²) in [5.41, 5.74) is 0.638. The summed E-state index contributed by atoms with van der Waals surface area (Å²) in [6, 6.07) is 0.289. The molecule has 0 aliphatic rings. The van der Waals surface area contributed by atoms with Crippen LogP contribution in [0.3, 0.4) is 0 Å². The van der Waals surface area contributed by atoms with Crippen molar-refractivity contribution in [2.24, 2.45) is 0 Å². The van der Waals surface area contributed by atoms with Gasteiger partial charge in [0.2, 0.25) is 0 Å². The van der Waals surface area contributed by atoms with Gasteiger partial charge in [-0.15, -0.1) is 0 Å². The lowest BCUT2D eigenvalue weighted by atomic mass is 10.4. The van der Waals surface area contributed by atoms with E-state index in [-0.39, 0.29) is 11.6 Å². The van der Waals surface area contributed by atoms with E-state index >= 15 is 0 Å². The van der Waals surface area contributed by atoms with Crippen molar-refractivity contribution in [3.63, 3.8) is 0 Å². The highest BCUT2D eigenvalue weighted by molar-refractivity contribution is 5.52. The Bertz CT molecular complexity index is 584. The summed E-state index contributed by atoms with van der Waals surface area (Å²) in [4.78, 5) is 16.0. The van der Waals surface area contributed by atoms with Crippen molar-refractivity contribution in [3.8, 4) is 0 Å². The van der Waals surface area contributed by atoms with E-state index in [2.05, 4.69) is 15.4 Å². The number of anilines is 2. The molecule has 2 aromatic rings. The van der Waals surface area contributed by atoms with Crippen LogP contribution in [-0.2, 0) is 6.54 Å². The maximum absolute atomic E-state index is 12.0. The average Bonchev–Trinajstić information content (AvgIpc) is 2.80. The van der Waals surface area contributed by atoms with E-state index in [1.807, 2.05) is 31.6 Å². The van der Waals surface area contributed by atoms with E-state index in [9.17, 15) is 4.79 Å². The number of hydrogen-bond acceptors (Lipinski definition) is 4. The van der Waals surface area contributed by atoms with Crippen LogP contribution < -0.4 is 10.9 Å². The standard InChI is InChI=1S/C12H17N5O/c1-4-16-6-5-13-11(12(16)18)15-10-7-14-17(8-10)9(2)3/h5-9H,4H2,1-3H3,(H,13,15). The summed E-state index contributed by atoms with van der Waals surface area (Å²) >= 11 is 0. The molecule has 0 aliphatic carbocycles. The fourth-order valence-electron chi connectivity index (χ4n) is 1.60. The Morgan fingerprint density at radius 1 is 1.44 bits per heavy atom.